The third kappa shape index (κ3) is 3.62. The molecular formula is C15H14ClNO2S. The summed E-state index contributed by atoms with van der Waals surface area (Å²) in [4.78, 5) is 0.273. The fourth-order valence-electron chi connectivity index (χ4n) is 1.71. The Kier molecular flexibility index (Phi) is 4.82. The van der Waals surface area contributed by atoms with Crippen molar-refractivity contribution in [1.82, 2.24) is 0 Å². The first kappa shape index (κ1) is 14.6. The molecule has 20 heavy (non-hydrogen) atoms. The second-order valence-corrected chi connectivity index (χ2v) is 4.99. The summed E-state index contributed by atoms with van der Waals surface area (Å²) in [5.41, 5.74) is 7.22. The number of ether oxygens (including phenoxy) is 2. The van der Waals surface area contributed by atoms with Crippen LogP contribution in [0, 0.1) is 0 Å². The van der Waals surface area contributed by atoms with Gasteiger partial charge in [-0.3, -0.25) is 0 Å². The molecule has 0 aliphatic carbocycles. The molecule has 5 heteroatoms. The van der Waals surface area contributed by atoms with Gasteiger partial charge >= 0.3 is 0 Å². The number of methoxy groups -OCH3 is 1. The monoisotopic (exact) mass is 307 g/mol. The minimum Gasteiger partial charge on any atom is -0.497 e. The van der Waals surface area contributed by atoms with Crippen LogP contribution in [0.4, 0.5) is 0 Å². The van der Waals surface area contributed by atoms with E-state index in [0.717, 1.165) is 11.3 Å². The Labute approximate surface area is 128 Å². The van der Waals surface area contributed by atoms with Crippen LogP contribution in [0.3, 0.4) is 0 Å². The van der Waals surface area contributed by atoms with E-state index in [1.165, 1.54) is 0 Å². The molecule has 2 rings (SSSR count). The molecule has 2 aromatic rings. The van der Waals surface area contributed by atoms with Crippen LogP contribution in [0.25, 0.3) is 0 Å². The molecule has 0 saturated heterocycles. The van der Waals surface area contributed by atoms with Gasteiger partial charge in [0, 0.05) is 5.56 Å². The molecule has 0 heterocycles. The Bertz CT molecular complexity index is 631. The normalized spacial score (nSPS) is 10.1. The molecule has 0 aliphatic rings. The third-order valence-corrected chi connectivity index (χ3v) is 3.28. The van der Waals surface area contributed by atoms with Crippen molar-refractivity contribution in [2.75, 3.05) is 7.11 Å². The van der Waals surface area contributed by atoms with Crippen molar-refractivity contribution < 1.29 is 9.47 Å². The second kappa shape index (κ2) is 6.59. The molecule has 0 fully saturated rings. The van der Waals surface area contributed by atoms with Gasteiger partial charge in [0.1, 0.15) is 23.1 Å². The van der Waals surface area contributed by atoms with Gasteiger partial charge in [-0.15, -0.1) is 0 Å². The zero-order valence-corrected chi connectivity index (χ0v) is 12.5. The van der Waals surface area contributed by atoms with Crippen molar-refractivity contribution >= 4 is 28.8 Å². The predicted octanol–water partition coefficient (Wildman–Crippen LogP) is 3.56. The minimum absolute atomic E-state index is 0.273. The standard InChI is InChI=1S/C15H14ClNO2S/c1-18-11-4-2-3-10(7-11)9-19-12-5-6-13(15(17)20)14(16)8-12/h2-8H,9H2,1H3,(H2,17,20). The number of halogens is 1. The first-order valence-electron chi connectivity index (χ1n) is 5.95. The van der Waals surface area contributed by atoms with Gasteiger partial charge in [0.25, 0.3) is 0 Å². The Balaban J connectivity index is 2.07. The molecule has 0 spiro atoms. The van der Waals surface area contributed by atoms with E-state index in [9.17, 15) is 0 Å². The van der Waals surface area contributed by atoms with Gasteiger partial charge in [-0.2, -0.15) is 0 Å². The quantitative estimate of drug-likeness (QED) is 0.858. The van der Waals surface area contributed by atoms with E-state index in [-0.39, 0.29) is 4.99 Å². The minimum atomic E-state index is 0.273. The van der Waals surface area contributed by atoms with Gasteiger partial charge < -0.3 is 15.2 Å². The highest BCUT2D eigenvalue weighted by Crippen LogP contribution is 2.23. The molecule has 2 N–H and O–H groups in total. The Morgan fingerprint density at radius 1 is 1.20 bits per heavy atom. The van der Waals surface area contributed by atoms with E-state index in [4.69, 9.17) is 39.0 Å². The highest BCUT2D eigenvalue weighted by molar-refractivity contribution is 7.80. The smallest absolute Gasteiger partial charge is 0.121 e. The summed E-state index contributed by atoms with van der Waals surface area (Å²) in [7, 11) is 1.63. The molecule has 0 saturated carbocycles. The van der Waals surface area contributed by atoms with Crippen LogP contribution >= 0.6 is 23.8 Å². The van der Waals surface area contributed by atoms with Crippen LogP contribution in [0.5, 0.6) is 11.5 Å². The average molecular weight is 308 g/mol. The Hall–Kier alpha value is -1.78. The Morgan fingerprint density at radius 3 is 2.65 bits per heavy atom. The van der Waals surface area contributed by atoms with Crippen LogP contribution < -0.4 is 15.2 Å². The molecule has 0 unspecified atom stereocenters. The van der Waals surface area contributed by atoms with Crippen LogP contribution in [0.15, 0.2) is 42.5 Å². The average Bonchev–Trinajstić information content (AvgIpc) is 2.45. The number of benzene rings is 2. The summed E-state index contributed by atoms with van der Waals surface area (Å²) in [5.74, 6) is 1.46. The summed E-state index contributed by atoms with van der Waals surface area (Å²) >= 11 is 11.0. The molecule has 0 bridgehead atoms. The zero-order chi connectivity index (χ0) is 14.5. The largest absolute Gasteiger partial charge is 0.497 e. The molecule has 0 radical (unpaired) electrons. The number of hydrogen-bond donors (Lipinski definition) is 1. The number of nitrogens with two attached hydrogens (primary N) is 1. The van der Waals surface area contributed by atoms with Crippen LogP contribution in [-0.4, -0.2) is 12.1 Å². The van der Waals surface area contributed by atoms with Gasteiger partial charge in [0.15, 0.2) is 0 Å². The van der Waals surface area contributed by atoms with Crippen molar-refractivity contribution in [1.29, 1.82) is 0 Å². The summed E-state index contributed by atoms with van der Waals surface area (Å²) in [6.07, 6.45) is 0. The summed E-state index contributed by atoms with van der Waals surface area (Å²) in [5, 5.41) is 0.487. The van der Waals surface area contributed by atoms with Gasteiger partial charge in [-0.1, -0.05) is 36.0 Å². The topological polar surface area (TPSA) is 44.5 Å². The lowest BCUT2D eigenvalue weighted by atomic mass is 10.2. The summed E-state index contributed by atoms with van der Waals surface area (Å²) in [6, 6.07) is 12.9. The molecule has 104 valence electrons. The van der Waals surface area contributed by atoms with Gasteiger partial charge in [0.05, 0.1) is 12.1 Å². The number of hydrogen-bond acceptors (Lipinski definition) is 3. The lowest BCUT2D eigenvalue weighted by molar-refractivity contribution is 0.305. The highest BCUT2D eigenvalue weighted by atomic mass is 35.5. The van der Waals surface area contributed by atoms with Crippen molar-refractivity contribution in [3.63, 3.8) is 0 Å². The molecule has 0 aromatic heterocycles. The van der Waals surface area contributed by atoms with Crippen LogP contribution in [0.2, 0.25) is 5.02 Å². The fraction of sp³-hybridized carbons (Fsp3) is 0.133. The van der Waals surface area contributed by atoms with Crippen molar-refractivity contribution in [3.05, 3.63) is 58.6 Å². The van der Waals surface area contributed by atoms with E-state index in [1.807, 2.05) is 24.3 Å². The molecule has 2 aromatic carbocycles. The van der Waals surface area contributed by atoms with E-state index >= 15 is 0 Å². The third-order valence-electron chi connectivity index (χ3n) is 2.75. The molecule has 0 aliphatic heterocycles. The highest BCUT2D eigenvalue weighted by Gasteiger charge is 2.05. The van der Waals surface area contributed by atoms with Crippen molar-refractivity contribution in [2.45, 2.75) is 6.61 Å². The first-order valence-corrected chi connectivity index (χ1v) is 6.74. The second-order valence-electron chi connectivity index (χ2n) is 4.15. The maximum Gasteiger partial charge on any atom is 0.121 e. The van der Waals surface area contributed by atoms with E-state index < -0.39 is 0 Å². The lowest BCUT2D eigenvalue weighted by Gasteiger charge is -2.09. The van der Waals surface area contributed by atoms with E-state index in [0.29, 0.717) is 22.9 Å². The maximum atomic E-state index is 6.09. The Morgan fingerprint density at radius 2 is 2.00 bits per heavy atom. The predicted molar refractivity (Wildman–Crippen MR) is 84.7 cm³/mol. The van der Waals surface area contributed by atoms with E-state index in [2.05, 4.69) is 0 Å². The van der Waals surface area contributed by atoms with Gasteiger partial charge in [0.2, 0.25) is 0 Å². The van der Waals surface area contributed by atoms with Crippen LogP contribution in [-0.2, 0) is 6.61 Å². The SMILES string of the molecule is COc1cccc(COc2ccc(C(N)=S)c(Cl)c2)c1. The lowest BCUT2D eigenvalue weighted by Crippen LogP contribution is -2.09. The zero-order valence-electron chi connectivity index (χ0n) is 10.9. The van der Waals surface area contributed by atoms with Crippen LogP contribution in [0.1, 0.15) is 11.1 Å². The number of rotatable bonds is 5. The molecule has 0 atom stereocenters. The summed E-state index contributed by atoms with van der Waals surface area (Å²) in [6.45, 7) is 0.431. The molecule has 3 nitrogen and oxygen atoms in total. The van der Waals surface area contributed by atoms with E-state index in [1.54, 1.807) is 25.3 Å². The van der Waals surface area contributed by atoms with Crippen molar-refractivity contribution in [2.24, 2.45) is 5.73 Å². The van der Waals surface area contributed by atoms with Gasteiger partial charge in [-0.25, -0.2) is 0 Å². The number of thiocarbonyl (C=S) groups is 1. The first-order chi connectivity index (χ1) is 9.60. The maximum absolute atomic E-state index is 6.09. The fourth-order valence-corrected chi connectivity index (χ4v) is 2.22. The molecular weight excluding hydrogens is 294 g/mol. The van der Waals surface area contributed by atoms with Crippen molar-refractivity contribution in [3.8, 4) is 11.5 Å². The van der Waals surface area contributed by atoms with Gasteiger partial charge in [-0.05, 0) is 35.9 Å². The summed E-state index contributed by atoms with van der Waals surface area (Å²) < 4.78 is 10.8. The molecule has 0 amide bonds.